The zero-order valence-electron chi connectivity index (χ0n) is 25.9. The quantitative estimate of drug-likeness (QED) is 0.179. The smallest absolute Gasteiger partial charge is 0.242 e. The van der Waals surface area contributed by atoms with E-state index in [0.717, 1.165) is 44.1 Å². The molecule has 0 aliphatic heterocycles. The van der Waals surface area contributed by atoms with Crippen LogP contribution in [0.2, 0.25) is 0 Å². The summed E-state index contributed by atoms with van der Waals surface area (Å²) in [5, 5.41) is 20.4. The Morgan fingerprint density at radius 3 is 2.27 bits per heavy atom. The van der Waals surface area contributed by atoms with Crippen molar-refractivity contribution in [2.45, 2.75) is 129 Å². The Kier molecular flexibility index (Phi) is 16.0. The number of aliphatic hydroxyl groups is 1. The van der Waals surface area contributed by atoms with E-state index in [2.05, 4.69) is 16.0 Å². The largest absolute Gasteiger partial charge is 0.391 e. The van der Waals surface area contributed by atoms with Crippen LogP contribution in [0, 0.1) is 17.8 Å². The number of nitrogens with two attached hydrogens (primary N) is 1. The molecule has 0 bridgehead atoms. The predicted molar refractivity (Wildman–Crippen MR) is 165 cm³/mol. The molecule has 0 spiro atoms. The van der Waals surface area contributed by atoms with Crippen molar-refractivity contribution in [2.24, 2.45) is 23.5 Å². The Bertz CT molecular complexity index is 904. The first kappa shape index (κ1) is 34.7. The molecule has 1 aliphatic rings. The first-order chi connectivity index (χ1) is 19.6. The molecule has 8 nitrogen and oxygen atoms in total. The van der Waals surface area contributed by atoms with E-state index in [1.165, 1.54) is 6.42 Å². The molecule has 8 heteroatoms. The molecular formula is C33H56N4O4. The number of rotatable bonds is 18. The van der Waals surface area contributed by atoms with E-state index in [9.17, 15) is 19.5 Å². The second-order valence-electron chi connectivity index (χ2n) is 12.4. The van der Waals surface area contributed by atoms with Crippen LogP contribution in [-0.2, 0) is 20.8 Å². The predicted octanol–water partition coefficient (Wildman–Crippen LogP) is 4.24. The van der Waals surface area contributed by atoms with Crippen LogP contribution in [0.5, 0.6) is 0 Å². The van der Waals surface area contributed by atoms with Crippen LogP contribution >= 0.6 is 0 Å². The Balaban J connectivity index is 2.12. The average molecular weight is 573 g/mol. The fourth-order valence-electron chi connectivity index (χ4n) is 5.66. The fourth-order valence-corrected chi connectivity index (χ4v) is 5.66. The first-order valence-corrected chi connectivity index (χ1v) is 16.0. The monoisotopic (exact) mass is 572 g/mol. The summed E-state index contributed by atoms with van der Waals surface area (Å²) in [6.07, 6.45) is 8.93. The zero-order valence-corrected chi connectivity index (χ0v) is 25.9. The number of nitrogens with one attached hydrogen (secondary N) is 3. The molecule has 1 aromatic carbocycles. The van der Waals surface area contributed by atoms with Crippen LogP contribution in [0.1, 0.15) is 104 Å². The highest BCUT2D eigenvalue weighted by molar-refractivity contribution is 5.90. The van der Waals surface area contributed by atoms with E-state index in [-0.39, 0.29) is 30.1 Å². The summed E-state index contributed by atoms with van der Waals surface area (Å²) in [5.41, 5.74) is 7.18. The van der Waals surface area contributed by atoms with Gasteiger partial charge in [-0.1, -0.05) is 103 Å². The molecule has 0 unspecified atom stereocenters. The molecule has 0 aromatic heterocycles. The minimum atomic E-state index is -0.863. The molecule has 1 aromatic rings. The standard InChI is InChI=1S/C33H56N4O4/c1-5-7-18-28(36-32(40)27(34)19-24-14-10-8-11-15-24)33(41)37-29(20-25-16-12-9-13-17-25)30(38)21-26(6-2)31(39)35-22-23(3)4/h8,10-11,14-15,23,25-30,38H,5-7,9,12-13,16-22,34H2,1-4H3,(H,35,39)(H,36,40)(H,37,41)/t26-,27-,28-,29-,30-/m0/s1. The number of hydrogen-bond acceptors (Lipinski definition) is 5. The zero-order chi connectivity index (χ0) is 30.2. The molecule has 1 fully saturated rings. The SMILES string of the molecule is CCCC[C@H](NC(=O)[C@@H](N)Cc1ccccc1)C(=O)N[C@@H](CC1CCCCC1)[C@@H](O)C[C@H](CC)C(=O)NCC(C)C. The maximum atomic E-state index is 13.6. The van der Waals surface area contributed by atoms with Crippen LogP contribution in [0.3, 0.4) is 0 Å². The molecule has 232 valence electrons. The summed E-state index contributed by atoms with van der Waals surface area (Å²) in [5.74, 6) is -0.278. The number of carbonyl (C=O) groups is 3. The maximum Gasteiger partial charge on any atom is 0.242 e. The third kappa shape index (κ3) is 12.9. The molecule has 5 atom stereocenters. The van der Waals surface area contributed by atoms with Crippen molar-refractivity contribution in [1.82, 2.24) is 16.0 Å². The topological polar surface area (TPSA) is 134 Å². The number of benzene rings is 1. The van der Waals surface area contributed by atoms with Crippen LogP contribution < -0.4 is 21.7 Å². The summed E-state index contributed by atoms with van der Waals surface area (Å²) in [6.45, 7) is 8.69. The molecule has 41 heavy (non-hydrogen) atoms. The van der Waals surface area contributed by atoms with Crippen LogP contribution in [-0.4, -0.2) is 53.6 Å². The molecule has 0 heterocycles. The van der Waals surface area contributed by atoms with Gasteiger partial charge in [0.2, 0.25) is 17.7 Å². The highest BCUT2D eigenvalue weighted by atomic mass is 16.3. The van der Waals surface area contributed by atoms with Gasteiger partial charge in [-0.2, -0.15) is 0 Å². The molecule has 2 rings (SSSR count). The van der Waals surface area contributed by atoms with Gasteiger partial charge in [0.1, 0.15) is 6.04 Å². The minimum absolute atomic E-state index is 0.0523. The van der Waals surface area contributed by atoms with Crippen LogP contribution in [0.15, 0.2) is 30.3 Å². The number of hydrogen-bond donors (Lipinski definition) is 5. The summed E-state index contributed by atoms with van der Waals surface area (Å²) in [6, 6.07) is 7.60. The summed E-state index contributed by atoms with van der Waals surface area (Å²) >= 11 is 0. The molecule has 1 saturated carbocycles. The minimum Gasteiger partial charge on any atom is -0.391 e. The van der Waals surface area contributed by atoms with Crippen molar-refractivity contribution < 1.29 is 19.5 Å². The second-order valence-corrected chi connectivity index (χ2v) is 12.4. The lowest BCUT2D eigenvalue weighted by Crippen LogP contribution is -2.55. The third-order valence-electron chi connectivity index (χ3n) is 8.29. The van der Waals surface area contributed by atoms with Crippen molar-refractivity contribution in [3.63, 3.8) is 0 Å². The molecule has 0 saturated heterocycles. The Labute approximate surface area is 248 Å². The number of amides is 3. The normalized spacial score (nSPS) is 17.7. The van der Waals surface area contributed by atoms with Gasteiger partial charge < -0.3 is 26.8 Å². The Morgan fingerprint density at radius 1 is 0.976 bits per heavy atom. The van der Waals surface area contributed by atoms with Crippen LogP contribution in [0.25, 0.3) is 0 Å². The number of unbranched alkanes of at least 4 members (excludes halogenated alkanes) is 1. The van der Waals surface area contributed by atoms with Gasteiger partial charge in [0.15, 0.2) is 0 Å². The fraction of sp³-hybridized carbons (Fsp3) is 0.727. The molecule has 6 N–H and O–H groups in total. The first-order valence-electron chi connectivity index (χ1n) is 16.0. The van der Waals surface area contributed by atoms with Gasteiger partial charge in [0, 0.05) is 12.5 Å². The van der Waals surface area contributed by atoms with Crippen LogP contribution in [0.4, 0.5) is 0 Å². The molecular weight excluding hydrogens is 516 g/mol. The van der Waals surface area contributed by atoms with E-state index < -0.39 is 24.2 Å². The van der Waals surface area contributed by atoms with Crippen molar-refractivity contribution in [2.75, 3.05) is 6.54 Å². The van der Waals surface area contributed by atoms with Crippen molar-refractivity contribution in [3.05, 3.63) is 35.9 Å². The average Bonchev–Trinajstić information content (AvgIpc) is 2.97. The van der Waals surface area contributed by atoms with Gasteiger partial charge in [0.25, 0.3) is 0 Å². The lowest BCUT2D eigenvalue weighted by Gasteiger charge is -2.33. The number of aliphatic hydroxyl groups excluding tert-OH is 1. The maximum absolute atomic E-state index is 13.6. The van der Waals surface area contributed by atoms with E-state index >= 15 is 0 Å². The van der Waals surface area contributed by atoms with Crippen molar-refractivity contribution in [1.29, 1.82) is 0 Å². The third-order valence-corrected chi connectivity index (χ3v) is 8.29. The molecule has 1 aliphatic carbocycles. The summed E-state index contributed by atoms with van der Waals surface area (Å²) in [7, 11) is 0. The highest BCUT2D eigenvalue weighted by Gasteiger charge is 2.32. The van der Waals surface area contributed by atoms with E-state index in [4.69, 9.17) is 5.73 Å². The number of carbonyl (C=O) groups excluding carboxylic acids is 3. The van der Waals surface area contributed by atoms with Gasteiger partial charge in [0.05, 0.1) is 18.2 Å². The molecule has 3 amide bonds. The van der Waals surface area contributed by atoms with E-state index in [0.29, 0.717) is 44.1 Å². The highest BCUT2D eigenvalue weighted by Crippen LogP contribution is 2.29. The Hall–Kier alpha value is -2.45. The van der Waals surface area contributed by atoms with E-state index in [1.54, 1.807) is 0 Å². The van der Waals surface area contributed by atoms with Gasteiger partial charge in [-0.15, -0.1) is 0 Å². The lowest BCUT2D eigenvalue weighted by molar-refractivity contribution is -0.131. The van der Waals surface area contributed by atoms with E-state index in [1.807, 2.05) is 58.0 Å². The van der Waals surface area contributed by atoms with Gasteiger partial charge >= 0.3 is 0 Å². The second kappa shape index (κ2) is 18.9. The Morgan fingerprint density at radius 2 is 1.66 bits per heavy atom. The lowest BCUT2D eigenvalue weighted by atomic mass is 9.82. The van der Waals surface area contributed by atoms with Crippen molar-refractivity contribution in [3.8, 4) is 0 Å². The van der Waals surface area contributed by atoms with Crippen molar-refractivity contribution >= 4 is 17.7 Å². The van der Waals surface area contributed by atoms with Gasteiger partial charge in [-0.25, -0.2) is 0 Å². The summed E-state index contributed by atoms with van der Waals surface area (Å²) in [4.78, 5) is 39.5. The van der Waals surface area contributed by atoms with Gasteiger partial charge in [-0.3, -0.25) is 14.4 Å². The van der Waals surface area contributed by atoms with Gasteiger partial charge in [-0.05, 0) is 49.5 Å². The summed E-state index contributed by atoms with van der Waals surface area (Å²) < 4.78 is 0. The molecule has 0 radical (unpaired) electrons.